The van der Waals surface area contributed by atoms with E-state index in [0.29, 0.717) is 28.3 Å². The van der Waals surface area contributed by atoms with Crippen molar-refractivity contribution in [3.8, 4) is 0 Å². The SMILES string of the molecule is CCOCCCNCc1nc2cc(Cl)ccc2c(=O)[nH]1. The number of ether oxygens (including phenoxy) is 1. The van der Waals surface area contributed by atoms with Crippen LogP contribution in [-0.4, -0.2) is 29.7 Å². The zero-order valence-electron chi connectivity index (χ0n) is 11.4. The number of H-pyrrole nitrogens is 1. The van der Waals surface area contributed by atoms with Crippen molar-refractivity contribution in [3.63, 3.8) is 0 Å². The van der Waals surface area contributed by atoms with Gasteiger partial charge in [0.25, 0.3) is 5.56 Å². The Morgan fingerprint density at radius 3 is 3.10 bits per heavy atom. The van der Waals surface area contributed by atoms with Crippen LogP contribution in [-0.2, 0) is 11.3 Å². The predicted molar refractivity (Wildman–Crippen MR) is 80.2 cm³/mol. The fourth-order valence-electron chi connectivity index (χ4n) is 1.90. The van der Waals surface area contributed by atoms with E-state index in [9.17, 15) is 4.79 Å². The molecule has 1 heterocycles. The van der Waals surface area contributed by atoms with Gasteiger partial charge >= 0.3 is 0 Å². The lowest BCUT2D eigenvalue weighted by atomic mass is 10.2. The van der Waals surface area contributed by atoms with Crippen molar-refractivity contribution in [2.45, 2.75) is 19.9 Å². The van der Waals surface area contributed by atoms with Crippen LogP contribution in [0.5, 0.6) is 0 Å². The molecule has 0 spiro atoms. The molecule has 0 atom stereocenters. The molecule has 0 aliphatic rings. The second-order valence-corrected chi connectivity index (χ2v) is 4.84. The molecule has 1 aromatic carbocycles. The molecule has 0 fully saturated rings. The molecule has 0 unspecified atom stereocenters. The maximum absolute atomic E-state index is 11.9. The zero-order chi connectivity index (χ0) is 14.4. The maximum Gasteiger partial charge on any atom is 0.258 e. The highest BCUT2D eigenvalue weighted by atomic mass is 35.5. The minimum atomic E-state index is -0.141. The first-order valence-electron chi connectivity index (χ1n) is 6.67. The number of aromatic nitrogens is 2. The van der Waals surface area contributed by atoms with Gasteiger partial charge in [0.1, 0.15) is 5.82 Å². The first-order valence-corrected chi connectivity index (χ1v) is 7.05. The normalized spacial score (nSPS) is 11.1. The van der Waals surface area contributed by atoms with Crippen LogP contribution >= 0.6 is 11.6 Å². The summed E-state index contributed by atoms with van der Waals surface area (Å²) in [6.45, 7) is 4.78. The summed E-state index contributed by atoms with van der Waals surface area (Å²) in [7, 11) is 0. The van der Waals surface area contributed by atoms with Gasteiger partial charge in [0, 0.05) is 18.2 Å². The quantitative estimate of drug-likeness (QED) is 0.768. The van der Waals surface area contributed by atoms with Crippen molar-refractivity contribution in [1.29, 1.82) is 0 Å². The Hall–Kier alpha value is -1.43. The molecule has 2 N–H and O–H groups in total. The molecular formula is C14H18ClN3O2. The molecule has 5 nitrogen and oxygen atoms in total. The number of nitrogens with one attached hydrogen (secondary N) is 2. The number of fused-ring (bicyclic) bond motifs is 1. The third kappa shape index (κ3) is 4.03. The van der Waals surface area contributed by atoms with Crippen molar-refractivity contribution in [2.75, 3.05) is 19.8 Å². The number of hydrogen-bond acceptors (Lipinski definition) is 4. The van der Waals surface area contributed by atoms with Crippen molar-refractivity contribution >= 4 is 22.5 Å². The van der Waals surface area contributed by atoms with Crippen molar-refractivity contribution in [2.24, 2.45) is 0 Å². The number of aromatic amines is 1. The van der Waals surface area contributed by atoms with E-state index in [1.165, 1.54) is 0 Å². The van der Waals surface area contributed by atoms with E-state index in [0.717, 1.165) is 26.2 Å². The fourth-order valence-corrected chi connectivity index (χ4v) is 2.06. The van der Waals surface area contributed by atoms with Gasteiger partial charge in [-0.05, 0) is 38.1 Å². The van der Waals surface area contributed by atoms with E-state index >= 15 is 0 Å². The molecule has 0 bridgehead atoms. The second kappa shape index (κ2) is 7.38. The summed E-state index contributed by atoms with van der Waals surface area (Å²) in [5.74, 6) is 0.612. The smallest absolute Gasteiger partial charge is 0.258 e. The molecule has 2 rings (SSSR count). The molecule has 2 aromatic rings. The fraction of sp³-hybridized carbons (Fsp3) is 0.429. The highest BCUT2D eigenvalue weighted by molar-refractivity contribution is 6.31. The van der Waals surface area contributed by atoms with Crippen molar-refractivity contribution in [3.05, 3.63) is 39.4 Å². The third-order valence-corrected chi connectivity index (χ3v) is 3.09. The Morgan fingerprint density at radius 1 is 1.45 bits per heavy atom. The molecule has 0 amide bonds. The molecule has 0 saturated heterocycles. The molecule has 108 valence electrons. The standard InChI is InChI=1S/C14H18ClN3O2/c1-2-20-7-3-6-16-9-13-17-12-8-10(15)4-5-11(12)14(19)18-13/h4-5,8,16H,2-3,6-7,9H2,1H3,(H,17,18,19). The summed E-state index contributed by atoms with van der Waals surface area (Å²) in [6.07, 6.45) is 0.928. The summed E-state index contributed by atoms with van der Waals surface area (Å²) in [4.78, 5) is 19.1. The first-order chi connectivity index (χ1) is 9.70. The summed E-state index contributed by atoms with van der Waals surface area (Å²) in [5.41, 5.74) is 0.477. The van der Waals surface area contributed by atoms with Crippen LogP contribution in [0.3, 0.4) is 0 Å². The summed E-state index contributed by atoms with van der Waals surface area (Å²) >= 11 is 5.92. The monoisotopic (exact) mass is 295 g/mol. The summed E-state index contributed by atoms with van der Waals surface area (Å²) in [6, 6.07) is 5.07. The van der Waals surface area contributed by atoms with E-state index in [1.807, 2.05) is 6.92 Å². The molecular weight excluding hydrogens is 278 g/mol. The van der Waals surface area contributed by atoms with E-state index < -0.39 is 0 Å². The van der Waals surface area contributed by atoms with Crippen LogP contribution in [0.1, 0.15) is 19.2 Å². The lowest BCUT2D eigenvalue weighted by molar-refractivity contribution is 0.144. The maximum atomic E-state index is 11.9. The van der Waals surface area contributed by atoms with Gasteiger partial charge < -0.3 is 15.0 Å². The van der Waals surface area contributed by atoms with E-state index in [4.69, 9.17) is 16.3 Å². The van der Waals surface area contributed by atoms with Gasteiger partial charge in [-0.15, -0.1) is 0 Å². The topological polar surface area (TPSA) is 67.0 Å². The molecule has 0 saturated carbocycles. The second-order valence-electron chi connectivity index (χ2n) is 4.40. The van der Waals surface area contributed by atoms with Gasteiger partial charge in [-0.25, -0.2) is 4.98 Å². The minimum absolute atomic E-state index is 0.141. The predicted octanol–water partition coefficient (Wildman–Crippen LogP) is 2.09. The summed E-state index contributed by atoms with van der Waals surface area (Å²) in [5, 5.41) is 4.35. The number of hydrogen-bond donors (Lipinski definition) is 2. The Kier molecular flexibility index (Phi) is 5.52. The van der Waals surface area contributed by atoms with Crippen LogP contribution in [0.4, 0.5) is 0 Å². The Morgan fingerprint density at radius 2 is 2.30 bits per heavy atom. The van der Waals surface area contributed by atoms with Crippen LogP contribution in [0.25, 0.3) is 10.9 Å². The van der Waals surface area contributed by atoms with E-state index in [-0.39, 0.29) is 5.56 Å². The first kappa shape index (κ1) is 15.0. The van der Waals surface area contributed by atoms with Crippen molar-refractivity contribution in [1.82, 2.24) is 15.3 Å². The van der Waals surface area contributed by atoms with E-state index in [2.05, 4.69) is 15.3 Å². The van der Waals surface area contributed by atoms with Gasteiger partial charge in [0.2, 0.25) is 0 Å². The average molecular weight is 296 g/mol. The lowest BCUT2D eigenvalue weighted by Gasteiger charge is -2.06. The minimum Gasteiger partial charge on any atom is -0.382 e. The molecule has 1 aromatic heterocycles. The van der Waals surface area contributed by atoms with Gasteiger partial charge in [-0.2, -0.15) is 0 Å². The summed E-state index contributed by atoms with van der Waals surface area (Å²) < 4.78 is 5.25. The highest BCUT2D eigenvalue weighted by Gasteiger charge is 2.04. The van der Waals surface area contributed by atoms with Gasteiger partial charge in [-0.1, -0.05) is 11.6 Å². The molecule has 6 heteroatoms. The number of benzene rings is 1. The lowest BCUT2D eigenvalue weighted by Crippen LogP contribution is -2.21. The Labute approximate surface area is 122 Å². The average Bonchev–Trinajstić information content (AvgIpc) is 2.42. The molecule has 20 heavy (non-hydrogen) atoms. The van der Waals surface area contributed by atoms with Crippen LogP contribution in [0, 0.1) is 0 Å². The highest BCUT2D eigenvalue weighted by Crippen LogP contribution is 2.14. The van der Waals surface area contributed by atoms with Gasteiger partial charge in [-0.3, -0.25) is 4.79 Å². The number of nitrogens with zero attached hydrogens (tertiary/aromatic N) is 1. The molecule has 0 aliphatic heterocycles. The largest absolute Gasteiger partial charge is 0.382 e. The van der Waals surface area contributed by atoms with Crippen LogP contribution in [0.2, 0.25) is 5.02 Å². The van der Waals surface area contributed by atoms with Crippen LogP contribution < -0.4 is 10.9 Å². The van der Waals surface area contributed by atoms with Gasteiger partial charge in [0.15, 0.2) is 0 Å². The Balaban J connectivity index is 1.98. The van der Waals surface area contributed by atoms with Crippen molar-refractivity contribution < 1.29 is 4.74 Å². The van der Waals surface area contributed by atoms with Crippen LogP contribution in [0.15, 0.2) is 23.0 Å². The Bertz CT molecular complexity index is 627. The van der Waals surface area contributed by atoms with E-state index in [1.54, 1.807) is 18.2 Å². The third-order valence-electron chi connectivity index (χ3n) is 2.86. The van der Waals surface area contributed by atoms with Gasteiger partial charge in [0.05, 0.1) is 17.4 Å². The molecule has 0 radical (unpaired) electrons. The molecule has 0 aliphatic carbocycles. The zero-order valence-corrected chi connectivity index (χ0v) is 12.2. The number of halogens is 1. The number of rotatable bonds is 7.